The lowest BCUT2D eigenvalue weighted by atomic mass is 10.2. The summed E-state index contributed by atoms with van der Waals surface area (Å²) in [6, 6.07) is 8.13. The molecule has 1 aliphatic heterocycles. The smallest absolute Gasteiger partial charge is 0.213 e. The van der Waals surface area contributed by atoms with E-state index in [-0.39, 0.29) is 6.04 Å². The summed E-state index contributed by atoms with van der Waals surface area (Å²) in [4.78, 5) is 11.4. The van der Waals surface area contributed by atoms with E-state index in [4.69, 9.17) is 14.1 Å². The Hall–Kier alpha value is -2.54. The molecule has 0 amide bonds. The number of rotatable bonds is 9. The third-order valence-corrected chi connectivity index (χ3v) is 4.77. The van der Waals surface area contributed by atoms with Crippen molar-refractivity contribution in [2.24, 2.45) is 4.99 Å². The molecule has 0 spiro atoms. The highest BCUT2D eigenvalue weighted by Crippen LogP contribution is 2.24. The first-order valence-corrected chi connectivity index (χ1v) is 10.2. The Kier molecular flexibility index (Phi) is 7.72. The molecule has 0 radical (unpaired) electrons. The quantitative estimate of drug-likeness (QED) is 0.511. The number of hydrogen-bond donors (Lipinski definition) is 2. The molecule has 2 aromatic heterocycles. The van der Waals surface area contributed by atoms with Crippen LogP contribution in [0.1, 0.15) is 44.1 Å². The zero-order valence-electron chi connectivity index (χ0n) is 16.9. The lowest BCUT2D eigenvalue weighted by molar-refractivity contribution is 0.215. The van der Waals surface area contributed by atoms with Crippen molar-refractivity contribution >= 4 is 5.96 Å². The molecular formula is C21H31N5O2. The highest BCUT2D eigenvalue weighted by atomic mass is 16.5. The zero-order valence-corrected chi connectivity index (χ0v) is 16.9. The monoisotopic (exact) mass is 385 g/mol. The number of aliphatic imine (C=N–C) groups is 1. The summed E-state index contributed by atoms with van der Waals surface area (Å²) in [6.45, 7) is 8.97. The maximum Gasteiger partial charge on any atom is 0.213 e. The van der Waals surface area contributed by atoms with Gasteiger partial charge >= 0.3 is 0 Å². The van der Waals surface area contributed by atoms with Crippen LogP contribution in [0.25, 0.3) is 0 Å². The molecule has 0 aromatic carbocycles. The molecule has 0 bridgehead atoms. The summed E-state index contributed by atoms with van der Waals surface area (Å²) in [5.41, 5.74) is 1.07. The summed E-state index contributed by atoms with van der Waals surface area (Å²) < 4.78 is 11.2. The Balaban J connectivity index is 1.64. The topological polar surface area (TPSA) is 74.9 Å². The molecule has 3 rings (SSSR count). The van der Waals surface area contributed by atoms with Gasteiger partial charge in [-0.3, -0.25) is 4.90 Å². The minimum absolute atomic E-state index is 0.215. The van der Waals surface area contributed by atoms with Crippen LogP contribution in [0.3, 0.4) is 0 Å². The molecule has 3 heterocycles. The van der Waals surface area contributed by atoms with Crippen molar-refractivity contribution < 1.29 is 9.15 Å². The van der Waals surface area contributed by atoms with Crippen LogP contribution in [0.5, 0.6) is 5.88 Å². The third kappa shape index (κ3) is 5.73. The van der Waals surface area contributed by atoms with Gasteiger partial charge in [0.1, 0.15) is 5.76 Å². The molecule has 1 atom stereocenters. The fraction of sp³-hybridized carbons (Fsp3) is 0.524. The summed E-state index contributed by atoms with van der Waals surface area (Å²) in [5, 5.41) is 6.81. The van der Waals surface area contributed by atoms with Crippen molar-refractivity contribution in [2.45, 2.75) is 39.3 Å². The minimum Gasteiger partial charge on any atom is -0.478 e. The molecule has 0 aliphatic carbocycles. The van der Waals surface area contributed by atoms with Gasteiger partial charge < -0.3 is 19.8 Å². The Morgan fingerprint density at radius 1 is 1.29 bits per heavy atom. The van der Waals surface area contributed by atoms with E-state index in [1.54, 1.807) is 12.5 Å². The van der Waals surface area contributed by atoms with E-state index in [0.717, 1.165) is 43.5 Å². The van der Waals surface area contributed by atoms with Crippen molar-refractivity contribution in [3.05, 3.63) is 48.0 Å². The van der Waals surface area contributed by atoms with Crippen molar-refractivity contribution in [1.82, 2.24) is 20.5 Å². The largest absolute Gasteiger partial charge is 0.478 e. The number of hydrogen-bond acceptors (Lipinski definition) is 5. The van der Waals surface area contributed by atoms with E-state index in [1.165, 1.54) is 12.8 Å². The number of likely N-dealkylation sites (tertiary alicyclic amines) is 1. The van der Waals surface area contributed by atoms with E-state index in [2.05, 4.69) is 33.5 Å². The maximum atomic E-state index is 5.70. The van der Waals surface area contributed by atoms with Gasteiger partial charge in [0.15, 0.2) is 5.96 Å². The second-order valence-corrected chi connectivity index (χ2v) is 6.79. The SMILES string of the molecule is CCNC(=NCc1ccnc(OCC)c1)NCC(c1ccco1)N1CCCC1. The average Bonchev–Trinajstić information content (AvgIpc) is 3.41. The Labute approximate surface area is 167 Å². The Morgan fingerprint density at radius 3 is 2.86 bits per heavy atom. The summed E-state index contributed by atoms with van der Waals surface area (Å²) in [5.74, 6) is 2.44. The van der Waals surface area contributed by atoms with Crippen LogP contribution in [0, 0.1) is 0 Å². The lowest BCUT2D eigenvalue weighted by Gasteiger charge is -2.26. The molecule has 2 N–H and O–H groups in total. The summed E-state index contributed by atoms with van der Waals surface area (Å²) >= 11 is 0. The van der Waals surface area contributed by atoms with Gasteiger partial charge in [-0.2, -0.15) is 0 Å². The number of pyridine rings is 1. The minimum atomic E-state index is 0.215. The fourth-order valence-electron chi connectivity index (χ4n) is 3.42. The summed E-state index contributed by atoms with van der Waals surface area (Å²) in [6.07, 6.45) is 6.00. The van der Waals surface area contributed by atoms with Gasteiger partial charge in [0.25, 0.3) is 0 Å². The van der Waals surface area contributed by atoms with Crippen LogP contribution in [-0.2, 0) is 6.54 Å². The van der Waals surface area contributed by atoms with Crippen LogP contribution >= 0.6 is 0 Å². The van der Waals surface area contributed by atoms with Gasteiger partial charge in [-0.15, -0.1) is 0 Å². The van der Waals surface area contributed by atoms with Crippen LogP contribution in [0.4, 0.5) is 0 Å². The molecule has 152 valence electrons. The summed E-state index contributed by atoms with van der Waals surface area (Å²) in [7, 11) is 0. The van der Waals surface area contributed by atoms with Gasteiger partial charge in [0.2, 0.25) is 5.88 Å². The molecule has 1 saturated heterocycles. The molecule has 1 aliphatic rings. The van der Waals surface area contributed by atoms with Crippen LogP contribution in [0.15, 0.2) is 46.1 Å². The molecule has 0 saturated carbocycles. The maximum absolute atomic E-state index is 5.70. The second-order valence-electron chi connectivity index (χ2n) is 6.79. The number of guanidine groups is 1. The molecular weight excluding hydrogens is 354 g/mol. The number of aromatic nitrogens is 1. The van der Waals surface area contributed by atoms with E-state index < -0.39 is 0 Å². The van der Waals surface area contributed by atoms with E-state index in [9.17, 15) is 0 Å². The van der Waals surface area contributed by atoms with Crippen molar-refractivity contribution in [1.29, 1.82) is 0 Å². The Morgan fingerprint density at radius 2 is 2.14 bits per heavy atom. The zero-order chi connectivity index (χ0) is 19.6. The first-order chi connectivity index (χ1) is 13.8. The number of nitrogens with zero attached hydrogens (tertiary/aromatic N) is 3. The lowest BCUT2D eigenvalue weighted by Crippen LogP contribution is -2.42. The van der Waals surface area contributed by atoms with Crippen LogP contribution in [-0.4, -0.2) is 48.6 Å². The number of nitrogens with one attached hydrogen (secondary N) is 2. The van der Waals surface area contributed by atoms with Gasteiger partial charge in [0.05, 0.1) is 25.5 Å². The second kappa shape index (κ2) is 10.7. The first-order valence-electron chi connectivity index (χ1n) is 10.2. The van der Waals surface area contributed by atoms with Crippen molar-refractivity contribution in [2.75, 3.05) is 32.8 Å². The van der Waals surface area contributed by atoms with Gasteiger partial charge in [-0.1, -0.05) is 0 Å². The van der Waals surface area contributed by atoms with Gasteiger partial charge in [0, 0.05) is 25.4 Å². The predicted octanol–water partition coefficient (Wildman–Crippen LogP) is 2.97. The Bertz CT molecular complexity index is 726. The van der Waals surface area contributed by atoms with Crippen LogP contribution in [0.2, 0.25) is 0 Å². The third-order valence-electron chi connectivity index (χ3n) is 4.77. The van der Waals surface area contributed by atoms with Crippen molar-refractivity contribution in [3.63, 3.8) is 0 Å². The first kappa shape index (κ1) is 20.2. The number of furan rings is 1. The van der Waals surface area contributed by atoms with E-state index >= 15 is 0 Å². The molecule has 2 aromatic rings. The number of ether oxygens (including phenoxy) is 1. The highest BCUT2D eigenvalue weighted by molar-refractivity contribution is 5.79. The van der Waals surface area contributed by atoms with Crippen molar-refractivity contribution in [3.8, 4) is 5.88 Å². The standard InChI is InChI=1S/C21H31N5O2/c1-3-22-21(24-15-17-9-10-23-20(14-17)27-4-2)25-16-18(19-8-7-13-28-19)26-11-5-6-12-26/h7-10,13-14,18H,3-6,11-12,15-16H2,1-2H3,(H2,22,24,25). The molecule has 1 unspecified atom stereocenters. The van der Waals surface area contributed by atoms with Gasteiger partial charge in [-0.05, 0) is 63.5 Å². The van der Waals surface area contributed by atoms with E-state index in [0.29, 0.717) is 19.0 Å². The molecule has 7 nitrogen and oxygen atoms in total. The normalized spacial score (nSPS) is 16.1. The molecule has 7 heteroatoms. The van der Waals surface area contributed by atoms with Crippen LogP contribution < -0.4 is 15.4 Å². The van der Waals surface area contributed by atoms with E-state index in [1.807, 2.05) is 25.1 Å². The molecule has 28 heavy (non-hydrogen) atoms. The fourth-order valence-corrected chi connectivity index (χ4v) is 3.42. The highest BCUT2D eigenvalue weighted by Gasteiger charge is 2.25. The predicted molar refractivity (Wildman–Crippen MR) is 110 cm³/mol. The van der Waals surface area contributed by atoms with Gasteiger partial charge in [-0.25, -0.2) is 9.98 Å². The average molecular weight is 386 g/mol. The molecule has 1 fully saturated rings.